The molecule has 0 saturated carbocycles. The number of benzene rings is 1. The van der Waals surface area contributed by atoms with Crippen LogP contribution in [0.3, 0.4) is 0 Å². The maximum absolute atomic E-state index is 12.3. The van der Waals surface area contributed by atoms with E-state index in [1.807, 2.05) is 38.1 Å². The van der Waals surface area contributed by atoms with Gasteiger partial charge in [-0.2, -0.15) is 0 Å². The van der Waals surface area contributed by atoms with Crippen LogP contribution < -0.4 is 5.73 Å². The number of hydrogen-bond donors (Lipinski definition) is 2. The van der Waals surface area contributed by atoms with Gasteiger partial charge < -0.3 is 15.6 Å². The summed E-state index contributed by atoms with van der Waals surface area (Å²) in [6.45, 7) is 8.59. The van der Waals surface area contributed by atoms with E-state index in [2.05, 4.69) is 13.1 Å². The maximum Gasteiger partial charge on any atom is 0.320 e. The molecule has 1 rings (SSSR count). The van der Waals surface area contributed by atoms with Crippen molar-refractivity contribution in [3.05, 3.63) is 35.4 Å². The number of rotatable bonds is 8. The smallest absolute Gasteiger partial charge is 0.320 e. The highest BCUT2D eigenvalue weighted by molar-refractivity contribution is 6.55. The lowest BCUT2D eigenvalue weighted by molar-refractivity contribution is -0.148. The van der Waals surface area contributed by atoms with Gasteiger partial charge in [-0.25, -0.2) is 0 Å². The van der Waals surface area contributed by atoms with Crippen LogP contribution in [0.4, 0.5) is 0 Å². The summed E-state index contributed by atoms with van der Waals surface area (Å²) < 4.78 is 5.40. The lowest BCUT2D eigenvalue weighted by Gasteiger charge is -2.23. The predicted octanol–water partition coefficient (Wildman–Crippen LogP) is 1.95. The second-order valence-electron chi connectivity index (χ2n) is 6.79. The van der Waals surface area contributed by atoms with E-state index in [0.29, 0.717) is 6.61 Å². The Morgan fingerprint density at radius 2 is 1.83 bits per heavy atom. The van der Waals surface area contributed by atoms with Gasteiger partial charge in [0.25, 0.3) is 0 Å². The maximum atomic E-state index is 12.3. The van der Waals surface area contributed by atoms with Gasteiger partial charge in [-0.3, -0.25) is 9.59 Å². The molecule has 0 fully saturated rings. The Labute approximate surface area is 139 Å². The topological polar surface area (TPSA) is 89.6 Å². The van der Waals surface area contributed by atoms with Gasteiger partial charge >= 0.3 is 11.9 Å². The number of nitrogens with two attached hydrogens (primary N) is 1. The Bertz CT molecular complexity index is 540. The molecule has 0 unspecified atom stereocenters. The zero-order chi connectivity index (χ0) is 17.6. The summed E-state index contributed by atoms with van der Waals surface area (Å²) in [4.78, 5) is 23.1. The van der Waals surface area contributed by atoms with Crippen LogP contribution in [0, 0.1) is 0 Å². The number of carboxylic acid groups (broad SMARTS) is 1. The standard InChI is InChI=1S/C17H27NO4Si/c1-17(2,16(21)22-9-10-23(3)4)13-7-5-12(6-8-13)11-14(18)15(19)20/h5-8,14,23H,9-11,18H2,1-4H3,(H,19,20)/t14-/m0/s1. The highest BCUT2D eigenvalue weighted by Crippen LogP contribution is 2.25. The van der Waals surface area contributed by atoms with Crippen LogP contribution in [0.15, 0.2) is 24.3 Å². The molecular formula is C17H27NO4Si. The molecule has 0 aliphatic carbocycles. The highest BCUT2D eigenvalue weighted by atomic mass is 28.3. The summed E-state index contributed by atoms with van der Waals surface area (Å²) >= 11 is 0. The fourth-order valence-electron chi connectivity index (χ4n) is 2.08. The Hall–Kier alpha value is -1.66. The summed E-state index contributed by atoms with van der Waals surface area (Å²) in [6, 6.07) is 7.36. The minimum atomic E-state index is -1.02. The average molecular weight is 337 g/mol. The van der Waals surface area contributed by atoms with Crippen molar-refractivity contribution in [1.82, 2.24) is 0 Å². The summed E-state index contributed by atoms with van der Waals surface area (Å²) in [6.07, 6.45) is 0.263. The Kier molecular flexibility index (Phi) is 6.96. The van der Waals surface area contributed by atoms with Gasteiger partial charge in [0, 0.05) is 8.80 Å². The van der Waals surface area contributed by atoms with Gasteiger partial charge in [0.1, 0.15) is 6.04 Å². The number of carboxylic acids is 1. The number of aliphatic carboxylic acids is 1. The predicted molar refractivity (Wildman–Crippen MR) is 93.4 cm³/mol. The van der Waals surface area contributed by atoms with Gasteiger partial charge in [0.05, 0.1) is 12.0 Å². The molecule has 5 nitrogen and oxygen atoms in total. The van der Waals surface area contributed by atoms with Crippen LogP contribution in [-0.2, 0) is 26.2 Å². The zero-order valence-corrected chi connectivity index (χ0v) is 15.5. The fraction of sp³-hybridized carbons (Fsp3) is 0.529. The molecule has 128 valence electrons. The summed E-state index contributed by atoms with van der Waals surface area (Å²) in [5.74, 6) is -1.26. The number of hydrogen-bond acceptors (Lipinski definition) is 4. The Morgan fingerprint density at radius 1 is 1.26 bits per heavy atom. The van der Waals surface area contributed by atoms with Crippen molar-refractivity contribution < 1.29 is 19.4 Å². The first-order valence-electron chi connectivity index (χ1n) is 7.89. The molecule has 0 aliphatic rings. The normalized spacial score (nSPS) is 13.0. The van der Waals surface area contributed by atoms with Crippen LogP contribution >= 0.6 is 0 Å². The minimum Gasteiger partial charge on any atom is -0.480 e. The summed E-state index contributed by atoms with van der Waals surface area (Å²) in [7, 11) is -0.724. The van der Waals surface area contributed by atoms with E-state index in [0.717, 1.165) is 17.2 Å². The first-order valence-corrected chi connectivity index (χ1v) is 11.0. The number of esters is 1. The van der Waals surface area contributed by atoms with Gasteiger partial charge in [-0.15, -0.1) is 0 Å². The minimum absolute atomic E-state index is 0.234. The quantitative estimate of drug-likeness (QED) is 0.559. The summed E-state index contributed by atoms with van der Waals surface area (Å²) in [5.41, 5.74) is 6.48. The van der Waals surface area contributed by atoms with Crippen LogP contribution in [-0.4, -0.2) is 38.5 Å². The third kappa shape index (κ3) is 5.80. The first-order chi connectivity index (χ1) is 10.6. The lowest BCUT2D eigenvalue weighted by atomic mass is 9.84. The number of carbonyl (C=O) groups excluding carboxylic acids is 1. The molecule has 1 atom stereocenters. The van der Waals surface area contributed by atoms with Crippen molar-refractivity contribution in [2.45, 2.75) is 50.9 Å². The number of carbonyl (C=O) groups is 2. The van der Waals surface area contributed by atoms with Crippen molar-refractivity contribution in [3.8, 4) is 0 Å². The van der Waals surface area contributed by atoms with Gasteiger partial charge in [-0.05, 0) is 37.4 Å². The average Bonchev–Trinajstić information content (AvgIpc) is 2.47. The van der Waals surface area contributed by atoms with E-state index >= 15 is 0 Å². The van der Waals surface area contributed by atoms with Crippen molar-refractivity contribution >= 4 is 20.7 Å². The fourth-order valence-corrected chi connectivity index (χ4v) is 2.67. The van der Waals surface area contributed by atoms with Gasteiger partial charge in [-0.1, -0.05) is 37.4 Å². The van der Waals surface area contributed by atoms with E-state index in [1.165, 1.54) is 0 Å². The van der Waals surface area contributed by atoms with Gasteiger partial charge in [0.15, 0.2) is 0 Å². The molecule has 1 aromatic rings. The van der Waals surface area contributed by atoms with E-state index < -0.39 is 26.2 Å². The zero-order valence-electron chi connectivity index (χ0n) is 14.3. The molecular weight excluding hydrogens is 310 g/mol. The molecule has 0 amide bonds. The molecule has 0 radical (unpaired) electrons. The SMILES string of the molecule is C[SiH](C)CCOC(=O)C(C)(C)c1ccc(C[C@H](N)C(=O)O)cc1. The van der Waals surface area contributed by atoms with Crippen molar-refractivity contribution in [1.29, 1.82) is 0 Å². The molecule has 6 heteroatoms. The molecule has 23 heavy (non-hydrogen) atoms. The monoisotopic (exact) mass is 337 g/mol. The lowest BCUT2D eigenvalue weighted by Crippen LogP contribution is -2.33. The molecule has 0 heterocycles. The molecule has 0 bridgehead atoms. The van der Waals surface area contributed by atoms with Gasteiger partial charge in [0.2, 0.25) is 0 Å². The van der Waals surface area contributed by atoms with Crippen molar-refractivity contribution in [3.63, 3.8) is 0 Å². The van der Waals surface area contributed by atoms with Crippen LogP contribution in [0.5, 0.6) is 0 Å². The highest BCUT2D eigenvalue weighted by Gasteiger charge is 2.31. The molecule has 0 aromatic heterocycles. The Balaban J connectivity index is 2.72. The summed E-state index contributed by atoms with van der Waals surface area (Å²) in [5, 5.41) is 8.84. The van der Waals surface area contributed by atoms with Crippen LogP contribution in [0.25, 0.3) is 0 Å². The molecule has 0 saturated heterocycles. The Morgan fingerprint density at radius 3 is 2.30 bits per heavy atom. The first kappa shape index (κ1) is 19.4. The van der Waals surface area contributed by atoms with Crippen molar-refractivity contribution in [2.24, 2.45) is 5.73 Å². The second kappa shape index (κ2) is 8.26. The van der Waals surface area contributed by atoms with E-state index in [1.54, 1.807) is 0 Å². The molecule has 0 aliphatic heterocycles. The largest absolute Gasteiger partial charge is 0.480 e. The molecule has 3 N–H and O–H groups in total. The third-order valence-electron chi connectivity index (χ3n) is 3.89. The van der Waals surface area contributed by atoms with Crippen molar-refractivity contribution in [2.75, 3.05) is 6.61 Å². The number of ether oxygens (including phenoxy) is 1. The van der Waals surface area contributed by atoms with Crippen LogP contribution in [0.2, 0.25) is 19.1 Å². The third-order valence-corrected chi connectivity index (χ3v) is 5.28. The molecule has 1 aromatic carbocycles. The molecule has 0 spiro atoms. The van der Waals surface area contributed by atoms with E-state index in [4.69, 9.17) is 15.6 Å². The second-order valence-corrected chi connectivity index (χ2v) is 10.2. The van der Waals surface area contributed by atoms with E-state index in [-0.39, 0.29) is 12.4 Å². The van der Waals surface area contributed by atoms with Crippen LogP contribution in [0.1, 0.15) is 25.0 Å². The van der Waals surface area contributed by atoms with E-state index in [9.17, 15) is 9.59 Å².